The number of H-pyrrole nitrogens is 1. The molecule has 0 unspecified atom stereocenters. The fraction of sp³-hybridized carbons (Fsp3) is 0.360. The average molecular weight is 529 g/mol. The number of halogens is 3. The molecule has 2 aromatic heterocycles. The first kappa shape index (κ1) is 23.7. The molecular weight excluding hydrogens is 506 g/mol. The number of anilines is 1. The monoisotopic (exact) mass is 528 g/mol. The molecular formula is C25H23ClF2N6O3. The molecule has 37 heavy (non-hydrogen) atoms. The van der Waals surface area contributed by atoms with Crippen LogP contribution < -0.4 is 9.64 Å². The van der Waals surface area contributed by atoms with Gasteiger partial charge in [0.2, 0.25) is 0 Å². The van der Waals surface area contributed by atoms with Gasteiger partial charge in [0.1, 0.15) is 35.7 Å². The molecule has 0 aliphatic carbocycles. The maximum Gasteiger partial charge on any atom is 0.410 e. The lowest BCUT2D eigenvalue weighted by Crippen LogP contribution is -2.57. The molecule has 4 aromatic rings. The average Bonchev–Trinajstić information content (AvgIpc) is 3.26. The normalized spacial score (nSPS) is 17.5. The molecule has 1 N–H and O–H groups in total. The van der Waals surface area contributed by atoms with Crippen LogP contribution in [0.15, 0.2) is 24.7 Å². The number of piperazine rings is 1. The van der Waals surface area contributed by atoms with Crippen LogP contribution in [0.25, 0.3) is 32.9 Å². The van der Waals surface area contributed by atoms with Gasteiger partial charge < -0.3 is 19.3 Å². The van der Waals surface area contributed by atoms with Crippen LogP contribution in [0, 0.1) is 11.6 Å². The number of ether oxygens (including phenoxy) is 2. The molecule has 9 nitrogen and oxygen atoms in total. The molecule has 0 spiro atoms. The molecule has 4 heterocycles. The smallest absolute Gasteiger partial charge is 0.410 e. The number of aromatic nitrogens is 4. The molecule has 2 aromatic carbocycles. The van der Waals surface area contributed by atoms with Crippen molar-refractivity contribution in [2.45, 2.75) is 32.4 Å². The summed E-state index contributed by atoms with van der Waals surface area (Å²) in [4.78, 5) is 24.9. The minimum Gasteiger partial charge on any atom is -0.489 e. The summed E-state index contributed by atoms with van der Waals surface area (Å²) < 4.78 is 42.9. The van der Waals surface area contributed by atoms with Gasteiger partial charge in [-0.25, -0.2) is 23.5 Å². The van der Waals surface area contributed by atoms with Crippen molar-refractivity contribution in [1.29, 1.82) is 0 Å². The van der Waals surface area contributed by atoms with Crippen molar-refractivity contribution in [2.24, 2.45) is 0 Å². The Kier molecular flexibility index (Phi) is 5.37. The van der Waals surface area contributed by atoms with E-state index < -0.39 is 23.3 Å². The third-order valence-electron chi connectivity index (χ3n) is 6.55. The summed E-state index contributed by atoms with van der Waals surface area (Å²) in [5.74, 6) is -0.827. The molecule has 0 bridgehead atoms. The van der Waals surface area contributed by atoms with E-state index in [1.165, 1.54) is 24.7 Å². The predicted molar refractivity (Wildman–Crippen MR) is 134 cm³/mol. The third kappa shape index (κ3) is 3.79. The molecule has 2 aliphatic rings. The van der Waals surface area contributed by atoms with Crippen LogP contribution in [0.4, 0.5) is 19.4 Å². The Hall–Kier alpha value is -3.73. The first-order valence-electron chi connectivity index (χ1n) is 11.8. The van der Waals surface area contributed by atoms with Gasteiger partial charge >= 0.3 is 6.09 Å². The maximum absolute atomic E-state index is 16.1. The Morgan fingerprint density at radius 2 is 2.03 bits per heavy atom. The molecule has 0 radical (unpaired) electrons. The summed E-state index contributed by atoms with van der Waals surface area (Å²) >= 11 is 6.77. The Morgan fingerprint density at radius 3 is 2.81 bits per heavy atom. The van der Waals surface area contributed by atoms with Gasteiger partial charge in [0.05, 0.1) is 28.2 Å². The highest BCUT2D eigenvalue weighted by Gasteiger charge is 2.38. The summed E-state index contributed by atoms with van der Waals surface area (Å²) in [7, 11) is 0. The number of hydrogen-bond acceptors (Lipinski definition) is 7. The molecule has 12 heteroatoms. The standard InChI is InChI=1S/C25H23ClF2N6O3/c1-25(2,3)37-24(35)33-6-7-34-12(9-33)10-36-22-18-21(29-11-30-23(18)34)20(28)17(19(22)26)16-13-8-31-32-15(13)5-4-14(16)27/h4-5,8,11-12H,6-7,9-10H2,1-3H3,(H,31,32)/t12-/m0/s1. The number of aromatic amines is 1. The van der Waals surface area contributed by atoms with Gasteiger partial charge in [-0.05, 0) is 32.9 Å². The van der Waals surface area contributed by atoms with Crippen molar-refractivity contribution in [2.75, 3.05) is 31.1 Å². The van der Waals surface area contributed by atoms with Crippen molar-refractivity contribution in [3.05, 3.63) is 41.3 Å². The zero-order valence-corrected chi connectivity index (χ0v) is 21.1. The first-order chi connectivity index (χ1) is 17.6. The lowest BCUT2D eigenvalue weighted by atomic mass is 9.98. The van der Waals surface area contributed by atoms with E-state index in [-0.39, 0.29) is 40.1 Å². The van der Waals surface area contributed by atoms with Crippen LogP contribution in [0.3, 0.4) is 0 Å². The zero-order valence-electron chi connectivity index (χ0n) is 20.3. The largest absolute Gasteiger partial charge is 0.489 e. The SMILES string of the molecule is CC(C)(C)OC(=O)N1CCN2c3ncnc4c(F)c(-c5c(F)ccc6[nH]ncc56)c(Cl)c(c34)OC[C@@H]2C1. The number of carbonyl (C=O) groups excluding carboxylic acids is 1. The number of amides is 1. The maximum atomic E-state index is 16.1. The van der Waals surface area contributed by atoms with Gasteiger partial charge in [0.15, 0.2) is 11.6 Å². The summed E-state index contributed by atoms with van der Waals surface area (Å²) in [6.45, 7) is 6.68. The quantitative estimate of drug-likeness (QED) is 0.374. The minimum absolute atomic E-state index is 0.0329. The number of rotatable bonds is 1. The van der Waals surface area contributed by atoms with E-state index in [4.69, 9.17) is 21.1 Å². The van der Waals surface area contributed by atoms with Gasteiger partial charge in [-0.1, -0.05) is 11.6 Å². The summed E-state index contributed by atoms with van der Waals surface area (Å²) in [5, 5.41) is 7.32. The second-order valence-electron chi connectivity index (χ2n) is 10.1. The van der Waals surface area contributed by atoms with E-state index in [2.05, 4.69) is 20.2 Å². The van der Waals surface area contributed by atoms with Gasteiger partial charge in [-0.2, -0.15) is 5.10 Å². The number of hydrogen-bond donors (Lipinski definition) is 1. The van der Waals surface area contributed by atoms with Crippen LogP contribution >= 0.6 is 11.6 Å². The number of carbonyl (C=O) groups is 1. The summed E-state index contributed by atoms with van der Waals surface area (Å²) in [6.07, 6.45) is 2.26. The number of benzene rings is 2. The fourth-order valence-corrected chi connectivity index (χ4v) is 5.28. The van der Waals surface area contributed by atoms with E-state index in [0.29, 0.717) is 41.7 Å². The van der Waals surface area contributed by atoms with Gasteiger partial charge in [0.25, 0.3) is 0 Å². The van der Waals surface area contributed by atoms with Crippen molar-refractivity contribution >= 4 is 45.3 Å². The van der Waals surface area contributed by atoms with Crippen LogP contribution in [-0.4, -0.2) is 69.0 Å². The topological polar surface area (TPSA) is 96.5 Å². The van der Waals surface area contributed by atoms with Crippen LogP contribution in [0.2, 0.25) is 5.02 Å². The van der Waals surface area contributed by atoms with E-state index in [1.807, 2.05) is 25.7 Å². The number of nitrogens with zero attached hydrogens (tertiary/aromatic N) is 5. The van der Waals surface area contributed by atoms with Crippen LogP contribution in [0.5, 0.6) is 5.75 Å². The number of fused-ring (bicyclic) bond motifs is 3. The van der Waals surface area contributed by atoms with Gasteiger partial charge in [-0.3, -0.25) is 5.10 Å². The van der Waals surface area contributed by atoms with E-state index in [1.54, 1.807) is 4.90 Å². The zero-order chi connectivity index (χ0) is 26.1. The summed E-state index contributed by atoms with van der Waals surface area (Å²) in [6, 6.07) is 2.45. The molecule has 1 atom stereocenters. The lowest BCUT2D eigenvalue weighted by Gasteiger charge is -2.41. The third-order valence-corrected chi connectivity index (χ3v) is 6.91. The Bertz CT molecular complexity index is 1570. The van der Waals surface area contributed by atoms with Crippen molar-refractivity contribution in [3.8, 4) is 16.9 Å². The molecule has 0 saturated carbocycles. The van der Waals surface area contributed by atoms with E-state index in [0.717, 1.165) is 0 Å². The van der Waals surface area contributed by atoms with E-state index >= 15 is 8.78 Å². The highest BCUT2D eigenvalue weighted by Crippen LogP contribution is 2.49. The highest BCUT2D eigenvalue weighted by atomic mass is 35.5. The van der Waals surface area contributed by atoms with E-state index in [9.17, 15) is 4.79 Å². The van der Waals surface area contributed by atoms with Crippen molar-refractivity contribution in [1.82, 2.24) is 25.1 Å². The highest BCUT2D eigenvalue weighted by molar-refractivity contribution is 6.37. The van der Waals surface area contributed by atoms with Gasteiger partial charge in [-0.15, -0.1) is 0 Å². The van der Waals surface area contributed by atoms with Crippen LogP contribution in [-0.2, 0) is 4.74 Å². The van der Waals surface area contributed by atoms with Crippen molar-refractivity contribution < 1.29 is 23.0 Å². The molecule has 1 amide bonds. The molecule has 192 valence electrons. The molecule has 1 fully saturated rings. The Morgan fingerprint density at radius 1 is 1.22 bits per heavy atom. The van der Waals surface area contributed by atoms with Crippen molar-refractivity contribution in [3.63, 3.8) is 0 Å². The van der Waals surface area contributed by atoms with Gasteiger partial charge in [0, 0.05) is 36.1 Å². The molecule has 1 saturated heterocycles. The second-order valence-corrected chi connectivity index (χ2v) is 10.5. The molecule has 2 aliphatic heterocycles. The fourth-order valence-electron chi connectivity index (χ4n) is 4.96. The first-order valence-corrected chi connectivity index (χ1v) is 12.2. The second kappa shape index (κ2) is 8.41. The lowest BCUT2D eigenvalue weighted by molar-refractivity contribution is 0.0202. The predicted octanol–water partition coefficient (Wildman–Crippen LogP) is 4.92. The van der Waals surface area contributed by atoms with Crippen LogP contribution in [0.1, 0.15) is 20.8 Å². The minimum atomic E-state index is -0.783. The Labute approximate surface area is 215 Å². The Balaban J connectivity index is 1.47. The molecule has 6 rings (SSSR count). The number of nitrogens with one attached hydrogen (secondary N) is 1. The summed E-state index contributed by atoms with van der Waals surface area (Å²) in [5.41, 5.74) is -0.323.